The Balaban J connectivity index is 1.89. The molecule has 0 atom stereocenters. The zero-order valence-electron chi connectivity index (χ0n) is 9.90. The number of aliphatic carboxylic acids is 1. The van der Waals surface area contributed by atoms with Crippen LogP contribution >= 0.6 is 11.8 Å². The van der Waals surface area contributed by atoms with Gasteiger partial charge in [0.2, 0.25) is 0 Å². The predicted octanol–water partition coefficient (Wildman–Crippen LogP) is 3.08. The van der Waals surface area contributed by atoms with Crippen LogP contribution in [0.1, 0.15) is 19.8 Å². The van der Waals surface area contributed by atoms with Crippen LogP contribution in [0.15, 0.2) is 29.2 Å². The molecule has 2 rings (SSSR count). The van der Waals surface area contributed by atoms with Crippen molar-refractivity contribution in [1.82, 2.24) is 0 Å². The first-order chi connectivity index (χ1) is 8.16. The smallest absolute Gasteiger partial charge is 0.311 e. The summed E-state index contributed by atoms with van der Waals surface area (Å²) in [4.78, 5) is 12.2. The number of hydrogen-bond donors (Lipinski definition) is 2. The van der Waals surface area contributed by atoms with Crippen LogP contribution < -0.4 is 5.32 Å². The van der Waals surface area contributed by atoms with Gasteiger partial charge in [0, 0.05) is 17.1 Å². The molecule has 0 aromatic heterocycles. The molecule has 92 valence electrons. The van der Waals surface area contributed by atoms with Crippen molar-refractivity contribution in [2.45, 2.75) is 24.7 Å². The fourth-order valence-corrected chi connectivity index (χ4v) is 2.39. The summed E-state index contributed by atoms with van der Waals surface area (Å²) in [7, 11) is 0. The maximum atomic E-state index is 11.0. The monoisotopic (exact) mass is 251 g/mol. The van der Waals surface area contributed by atoms with Gasteiger partial charge in [-0.05, 0) is 42.9 Å². The van der Waals surface area contributed by atoms with Crippen LogP contribution in [0.3, 0.4) is 0 Å². The number of carbonyl (C=O) groups is 1. The molecule has 1 aliphatic rings. The maximum Gasteiger partial charge on any atom is 0.311 e. The first-order valence-electron chi connectivity index (χ1n) is 5.86. The average molecular weight is 251 g/mol. The maximum absolute atomic E-state index is 11.0. The minimum atomic E-state index is -0.678. The van der Waals surface area contributed by atoms with E-state index in [0.29, 0.717) is 6.54 Å². The molecule has 1 aliphatic carbocycles. The van der Waals surface area contributed by atoms with E-state index < -0.39 is 11.4 Å². The van der Waals surface area contributed by atoms with E-state index in [1.54, 1.807) is 11.8 Å². The highest BCUT2D eigenvalue weighted by Gasteiger charge is 2.49. The van der Waals surface area contributed by atoms with Crippen molar-refractivity contribution < 1.29 is 9.90 Å². The van der Waals surface area contributed by atoms with Crippen molar-refractivity contribution in [3.05, 3.63) is 24.3 Å². The van der Waals surface area contributed by atoms with E-state index in [0.717, 1.165) is 24.3 Å². The molecule has 0 unspecified atom stereocenters. The van der Waals surface area contributed by atoms with Crippen LogP contribution in [0, 0.1) is 5.41 Å². The number of hydrogen-bond acceptors (Lipinski definition) is 3. The SMILES string of the molecule is CCSc1ccc(NCC2(C(=O)O)CC2)cc1. The van der Waals surface area contributed by atoms with Gasteiger partial charge in [0.25, 0.3) is 0 Å². The standard InChI is InChI=1S/C13H17NO2S/c1-2-17-11-5-3-10(4-6-11)14-9-13(7-8-13)12(15)16/h3-6,14H,2,7-9H2,1H3,(H,15,16). The minimum absolute atomic E-state index is 0.503. The summed E-state index contributed by atoms with van der Waals surface area (Å²) < 4.78 is 0. The van der Waals surface area contributed by atoms with E-state index in [9.17, 15) is 4.79 Å². The molecule has 0 amide bonds. The van der Waals surface area contributed by atoms with Crippen LogP contribution in [0.4, 0.5) is 5.69 Å². The number of thioether (sulfide) groups is 1. The molecule has 1 saturated carbocycles. The second kappa shape index (κ2) is 5.00. The van der Waals surface area contributed by atoms with Gasteiger partial charge in [-0.25, -0.2) is 0 Å². The predicted molar refractivity (Wildman–Crippen MR) is 70.6 cm³/mol. The lowest BCUT2D eigenvalue weighted by atomic mass is 10.1. The van der Waals surface area contributed by atoms with Crippen LogP contribution in [0.2, 0.25) is 0 Å². The number of nitrogens with one attached hydrogen (secondary N) is 1. The highest BCUT2D eigenvalue weighted by Crippen LogP contribution is 2.45. The van der Waals surface area contributed by atoms with E-state index in [1.807, 2.05) is 12.1 Å². The van der Waals surface area contributed by atoms with Gasteiger partial charge in [0.15, 0.2) is 0 Å². The zero-order chi connectivity index (χ0) is 12.3. The first-order valence-corrected chi connectivity index (χ1v) is 6.85. The molecule has 1 aromatic rings. The molecule has 0 spiro atoms. The minimum Gasteiger partial charge on any atom is -0.481 e. The van der Waals surface area contributed by atoms with Gasteiger partial charge in [0.1, 0.15) is 0 Å². The molecule has 4 heteroatoms. The van der Waals surface area contributed by atoms with E-state index in [4.69, 9.17) is 5.11 Å². The van der Waals surface area contributed by atoms with Gasteiger partial charge >= 0.3 is 5.97 Å². The molecule has 0 heterocycles. The molecule has 0 radical (unpaired) electrons. The van der Waals surface area contributed by atoms with Gasteiger partial charge in [-0.1, -0.05) is 6.92 Å². The van der Waals surface area contributed by atoms with Crippen molar-refractivity contribution in [2.75, 3.05) is 17.6 Å². The summed E-state index contributed by atoms with van der Waals surface area (Å²) in [6, 6.07) is 8.15. The Morgan fingerprint density at radius 1 is 1.41 bits per heavy atom. The Morgan fingerprint density at radius 2 is 2.06 bits per heavy atom. The molecule has 17 heavy (non-hydrogen) atoms. The van der Waals surface area contributed by atoms with Gasteiger partial charge < -0.3 is 10.4 Å². The third kappa shape index (κ3) is 2.94. The lowest BCUT2D eigenvalue weighted by Crippen LogP contribution is -2.24. The van der Waals surface area contributed by atoms with Crippen LogP contribution in [-0.4, -0.2) is 23.4 Å². The van der Waals surface area contributed by atoms with Crippen LogP contribution in [0.5, 0.6) is 0 Å². The molecule has 0 aliphatic heterocycles. The second-order valence-corrected chi connectivity index (χ2v) is 5.73. The fourth-order valence-electron chi connectivity index (χ4n) is 1.72. The number of benzene rings is 1. The highest BCUT2D eigenvalue weighted by molar-refractivity contribution is 7.99. The van der Waals surface area contributed by atoms with Gasteiger partial charge in [0.05, 0.1) is 5.41 Å². The summed E-state index contributed by atoms with van der Waals surface area (Å²) in [6.07, 6.45) is 1.58. The van der Waals surface area contributed by atoms with Gasteiger partial charge in [-0.2, -0.15) is 0 Å². The molecule has 1 aromatic carbocycles. The number of rotatable bonds is 6. The molecule has 1 fully saturated rings. The number of carboxylic acid groups (broad SMARTS) is 1. The van der Waals surface area contributed by atoms with Crippen LogP contribution in [-0.2, 0) is 4.79 Å². The van der Waals surface area contributed by atoms with Crippen molar-refractivity contribution in [2.24, 2.45) is 5.41 Å². The van der Waals surface area contributed by atoms with Crippen molar-refractivity contribution in [1.29, 1.82) is 0 Å². The Hall–Kier alpha value is -1.16. The molecule has 2 N–H and O–H groups in total. The van der Waals surface area contributed by atoms with E-state index in [1.165, 1.54) is 4.90 Å². The molecular formula is C13H17NO2S. The molecule has 0 bridgehead atoms. The lowest BCUT2D eigenvalue weighted by Gasteiger charge is -2.12. The Bertz CT molecular complexity index is 398. The van der Waals surface area contributed by atoms with E-state index in [-0.39, 0.29) is 0 Å². The fraction of sp³-hybridized carbons (Fsp3) is 0.462. The van der Waals surface area contributed by atoms with Crippen LogP contribution in [0.25, 0.3) is 0 Å². The van der Waals surface area contributed by atoms with Gasteiger partial charge in [-0.3, -0.25) is 4.79 Å². The van der Waals surface area contributed by atoms with Crippen molar-refractivity contribution >= 4 is 23.4 Å². The van der Waals surface area contributed by atoms with Gasteiger partial charge in [-0.15, -0.1) is 11.8 Å². The third-order valence-electron chi connectivity index (χ3n) is 3.10. The molecular weight excluding hydrogens is 234 g/mol. The normalized spacial score (nSPS) is 16.5. The molecule has 3 nitrogen and oxygen atoms in total. The summed E-state index contributed by atoms with van der Waals surface area (Å²) in [5, 5.41) is 12.3. The van der Waals surface area contributed by atoms with Crippen molar-refractivity contribution in [3.8, 4) is 0 Å². The zero-order valence-corrected chi connectivity index (χ0v) is 10.7. The summed E-state index contributed by atoms with van der Waals surface area (Å²) in [6.45, 7) is 2.66. The third-order valence-corrected chi connectivity index (χ3v) is 4.00. The van der Waals surface area contributed by atoms with E-state index in [2.05, 4.69) is 24.4 Å². The largest absolute Gasteiger partial charge is 0.481 e. The number of anilines is 1. The Kier molecular flexibility index (Phi) is 3.62. The molecule has 0 saturated heterocycles. The Labute approximate surface area is 106 Å². The summed E-state index contributed by atoms with van der Waals surface area (Å²) >= 11 is 1.80. The topological polar surface area (TPSA) is 49.3 Å². The number of carboxylic acids is 1. The highest BCUT2D eigenvalue weighted by atomic mass is 32.2. The quantitative estimate of drug-likeness (QED) is 0.763. The Morgan fingerprint density at radius 3 is 2.53 bits per heavy atom. The average Bonchev–Trinajstić information content (AvgIpc) is 3.10. The summed E-state index contributed by atoms with van der Waals surface area (Å²) in [5.41, 5.74) is 0.495. The van der Waals surface area contributed by atoms with Crippen molar-refractivity contribution in [3.63, 3.8) is 0 Å². The second-order valence-electron chi connectivity index (χ2n) is 4.40. The first kappa shape index (κ1) is 12.3. The summed E-state index contributed by atoms with van der Waals surface area (Å²) in [5.74, 6) is 0.387. The lowest BCUT2D eigenvalue weighted by molar-refractivity contribution is -0.142. The van der Waals surface area contributed by atoms with E-state index >= 15 is 0 Å².